The van der Waals surface area contributed by atoms with Gasteiger partial charge in [-0.15, -0.1) is 0 Å². The number of benzene rings is 2. The first-order chi connectivity index (χ1) is 12.4. The number of amides is 2. The van der Waals surface area contributed by atoms with Crippen LogP contribution in [0.1, 0.15) is 17.3 Å². The van der Waals surface area contributed by atoms with Crippen LogP contribution in [0.25, 0.3) is 0 Å². The number of hydrogen-bond donors (Lipinski definition) is 3. The Balaban J connectivity index is 1.79. The van der Waals surface area contributed by atoms with E-state index in [0.717, 1.165) is 0 Å². The van der Waals surface area contributed by atoms with Gasteiger partial charge in [-0.05, 0) is 31.2 Å². The minimum Gasteiger partial charge on any atom is -0.504 e. The molecule has 2 aromatic carbocycles. The maximum Gasteiger partial charge on any atom is 0.342 e. The second-order valence-corrected chi connectivity index (χ2v) is 5.71. The van der Waals surface area contributed by atoms with E-state index in [4.69, 9.17) is 4.74 Å². The summed E-state index contributed by atoms with van der Waals surface area (Å²) >= 11 is 0. The minimum atomic E-state index is -1.21. The summed E-state index contributed by atoms with van der Waals surface area (Å²) in [5.74, 6) is -3.00. The van der Waals surface area contributed by atoms with Gasteiger partial charge in [0.15, 0.2) is 17.6 Å². The zero-order chi connectivity index (χ0) is 18.8. The Morgan fingerprint density at radius 2 is 1.88 bits per heavy atom. The highest BCUT2D eigenvalue weighted by molar-refractivity contribution is 6.11. The molecule has 0 spiro atoms. The first-order valence-corrected chi connectivity index (χ1v) is 7.80. The van der Waals surface area contributed by atoms with Crippen LogP contribution in [0, 0.1) is 0 Å². The van der Waals surface area contributed by atoms with Crippen LogP contribution < -0.4 is 10.2 Å². The summed E-state index contributed by atoms with van der Waals surface area (Å²) in [6, 6.07) is 10.6. The van der Waals surface area contributed by atoms with E-state index in [9.17, 15) is 24.6 Å². The average Bonchev–Trinajstić information content (AvgIpc) is 2.62. The Kier molecular flexibility index (Phi) is 4.49. The number of fused-ring (bicyclic) bond motifs is 1. The number of aromatic hydroxyl groups is 2. The Morgan fingerprint density at radius 3 is 2.65 bits per heavy atom. The van der Waals surface area contributed by atoms with E-state index in [1.807, 2.05) is 0 Å². The van der Waals surface area contributed by atoms with Gasteiger partial charge in [0.05, 0.1) is 11.4 Å². The SMILES string of the molecule is C[C@H](OC(=O)c1cccc(O)c1O)C(=O)N1CC(=O)Nc2ccccc21. The molecular weight excluding hydrogens is 340 g/mol. The molecule has 8 heteroatoms. The maximum atomic E-state index is 12.7. The van der Waals surface area contributed by atoms with E-state index in [0.29, 0.717) is 11.4 Å². The van der Waals surface area contributed by atoms with Crippen molar-refractivity contribution in [2.24, 2.45) is 0 Å². The van der Waals surface area contributed by atoms with E-state index in [-0.39, 0.29) is 18.0 Å². The molecule has 0 aromatic heterocycles. The summed E-state index contributed by atoms with van der Waals surface area (Å²) in [4.78, 5) is 37.9. The Hall–Kier alpha value is -3.55. The fraction of sp³-hybridized carbons (Fsp3) is 0.167. The summed E-state index contributed by atoms with van der Waals surface area (Å²) in [5.41, 5.74) is 0.725. The number of esters is 1. The van der Waals surface area contributed by atoms with E-state index >= 15 is 0 Å². The van der Waals surface area contributed by atoms with E-state index in [2.05, 4.69) is 5.32 Å². The van der Waals surface area contributed by atoms with Crippen molar-refractivity contribution < 1.29 is 29.3 Å². The van der Waals surface area contributed by atoms with Crippen molar-refractivity contribution in [1.29, 1.82) is 0 Å². The molecule has 1 aliphatic rings. The lowest BCUT2D eigenvalue weighted by Crippen LogP contribution is -2.47. The van der Waals surface area contributed by atoms with Gasteiger partial charge in [0, 0.05) is 0 Å². The molecule has 2 aromatic rings. The summed E-state index contributed by atoms with van der Waals surface area (Å²) < 4.78 is 5.10. The molecular formula is C18H16N2O6. The van der Waals surface area contributed by atoms with Crippen LogP contribution in [0.4, 0.5) is 11.4 Å². The number of nitrogens with one attached hydrogen (secondary N) is 1. The van der Waals surface area contributed by atoms with Gasteiger partial charge in [-0.1, -0.05) is 18.2 Å². The van der Waals surface area contributed by atoms with Crippen LogP contribution in [0.15, 0.2) is 42.5 Å². The lowest BCUT2D eigenvalue weighted by Gasteiger charge is -2.30. The number of anilines is 2. The van der Waals surface area contributed by atoms with Crippen LogP contribution in [-0.2, 0) is 14.3 Å². The number of ether oxygens (including phenoxy) is 1. The van der Waals surface area contributed by atoms with Gasteiger partial charge in [0.1, 0.15) is 12.1 Å². The number of phenols is 2. The fourth-order valence-electron chi connectivity index (χ4n) is 2.62. The molecule has 0 fully saturated rings. The first kappa shape index (κ1) is 17.3. The summed E-state index contributed by atoms with van der Waals surface area (Å²) in [6.07, 6.45) is -1.21. The summed E-state index contributed by atoms with van der Waals surface area (Å²) in [5, 5.41) is 21.9. The molecule has 134 valence electrons. The Bertz CT molecular complexity index is 895. The normalized spacial score (nSPS) is 14.2. The number of nitrogens with zero attached hydrogens (tertiary/aromatic N) is 1. The third-order valence-electron chi connectivity index (χ3n) is 3.90. The third-order valence-corrected chi connectivity index (χ3v) is 3.90. The van der Waals surface area contributed by atoms with Crippen LogP contribution in [0.3, 0.4) is 0 Å². The molecule has 8 nitrogen and oxygen atoms in total. The molecule has 3 rings (SSSR count). The average molecular weight is 356 g/mol. The highest BCUT2D eigenvalue weighted by Crippen LogP contribution is 2.31. The number of rotatable bonds is 3. The molecule has 0 saturated carbocycles. The second-order valence-electron chi connectivity index (χ2n) is 5.71. The highest BCUT2D eigenvalue weighted by atomic mass is 16.5. The summed E-state index contributed by atoms with van der Waals surface area (Å²) in [7, 11) is 0. The van der Waals surface area contributed by atoms with E-state index in [1.165, 1.54) is 30.0 Å². The number of carbonyl (C=O) groups is 3. The molecule has 1 atom stereocenters. The molecule has 1 heterocycles. The van der Waals surface area contributed by atoms with Crippen LogP contribution >= 0.6 is 0 Å². The summed E-state index contributed by atoms with van der Waals surface area (Å²) in [6.45, 7) is 1.17. The quantitative estimate of drug-likeness (QED) is 0.569. The largest absolute Gasteiger partial charge is 0.504 e. The van der Waals surface area contributed by atoms with Gasteiger partial charge >= 0.3 is 5.97 Å². The zero-order valence-electron chi connectivity index (χ0n) is 13.8. The third kappa shape index (κ3) is 3.16. The molecule has 0 bridgehead atoms. The van der Waals surface area contributed by atoms with Crippen molar-refractivity contribution >= 4 is 29.2 Å². The predicted molar refractivity (Wildman–Crippen MR) is 92.1 cm³/mol. The lowest BCUT2D eigenvalue weighted by molar-refractivity contribution is -0.128. The standard InChI is InChI=1S/C18H16N2O6/c1-10(26-18(25)11-5-4-8-14(21)16(11)23)17(24)20-9-15(22)19-12-6-2-3-7-13(12)20/h2-8,10,21,23H,9H2,1H3,(H,19,22)/t10-/m0/s1. The van der Waals surface area contributed by atoms with Crippen molar-refractivity contribution in [3.8, 4) is 11.5 Å². The van der Waals surface area contributed by atoms with Gasteiger partial charge in [0.2, 0.25) is 5.91 Å². The monoisotopic (exact) mass is 356 g/mol. The molecule has 0 unspecified atom stereocenters. The van der Waals surface area contributed by atoms with Crippen molar-refractivity contribution in [2.75, 3.05) is 16.8 Å². The maximum absolute atomic E-state index is 12.7. The molecule has 0 saturated heterocycles. The van der Waals surface area contributed by atoms with Gasteiger partial charge < -0.3 is 20.3 Å². The molecule has 0 aliphatic carbocycles. The highest BCUT2D eigenvalue weighted by Gasteiger charge is 2.32. The van der Waals surface area contributed by atoms with Crippen molar-refractivity contribution in [3.05, 3.63) is 48.0 Å². The smallest absolute Gasteiger partial charge is 0.342 e. The van der Waals surface area contributed by atoms with Crippen molar-refractivity contribution in [1.82, 2.24) is 0 Å². The van der Waals surface area contributed by atoms with E-state index < -0.39 is 29.5 Å². The number of hydrogen-bond acceptors (Lipinski definition) is 6. The van der Waals surface area contributed by atoms with Crippen LogP contribution in [-0.4, -0.2) is 40.6 Å². The van der Waals surface area contributed by atoms with Crippen LogP contribution in [0.2, 0.25) is 0 Å². The predicted octanol–water partition coefficient (Wildman–Crippen LogP) is 1.63. The van der Waals surface area contributed by atoms with Crippen molar-refractivity contribution in [2.45, 2.75) is 13.0 Å². The zero-order valence-corrected chi connectivity index (χ0v) is 13.8. The Morgan fingerprint density at radius 1 is 1.15 bits per heavy atom. The molecule has 26 heavy (non-hydrogen) atoms. The van der Waals surface area contributed by atoms with Gasteiger partial charge in [-0.2, -0.15) is 0 Å². The second kappa shape index (κ2) is 6.75. The van der Waals surface area contributed by atoms with Crippen molar-refractivity contribution in [3.63, 3.8) is 0 Å². The molecule has 3 N–H and O–H groups in total. The van der Waals surface area contributed by atoms with Gasteiger partial charge in [-0.3, -0.25) is 14.5 Å². The van der Waals surface area contributed by atoms with Gasteiger partial charge in [0.25, 0.3) is 5.91 Å². The number of phenolic OH excluding ortho intramolecular Hbond substituents is 2. The lowest BCUT2D eigenvalue weighted by atomic mass is 10.1. The fourth-order valence-corrected chi connectivity index (χ4v) is 2.62. The first-order valence-electron chi connectivity index (χ1n) is 7.80. The minimum absolute atomic E-state index is 0.199. The Labute approximate surface area is 148 Å². The number of para-hydroxylation sites is 3. The molecule has 2 amide bonds. The van der Waals surface area contributed by atoms with Crippen LogP contribution in [0.5, 0.6) is 11.5 Å². The molecule has 0 radical (unpaired) electrons. The van der Waals surface area contributed by atoms with Gasteiger partial charge in [-0.25, -0.2) is 4.79 Å². The number of carbonyl (C=O) groups excluding carboxylic acids is 3. The topological polar surface area (TPSA) is 116 Å². The van der Waals surface area contributed by atoms with E-state index in [1.54, 1.807) is 24.3 Å². The molecule has 1 aliphatic heterocycles.